The summed E-state index contributed by atoms with van der Waals surface area (Å²) in [4.78, 5) is 72.0. The standard InChI is InChI=1S/C51H58FN9O7S/c1-8-10-31-13-15-41(69-31)49-61-35-14-12-27(33-23-54-46(55-33)39-21-30-19-37(30)60(39)48(63)44(26(4)5)58-51(65)67-7)17-29(35)20-38(61)42-32(52)18-28(22-40(42)68-49)34-24-53-45(56-34)36-11-9-16-59(36)47(62)43(25(2)3)57-50(64)66-6/h12-15,17-18,20,22-26,30,36-37,39,43-44,49H,8-11,16,19,21H2,1-7H3,(H,53,56)(H,54,55)(H,57,64)(H,58,65)/p+2/t30-,36+,37-,39+,43+,44+,49?/m1/s1. The van der Waals surface area contributed by atoms with Crippen LogP contribution in [0.25, 0.3) is 44.7 Å². The second-order valence-electron chi connectivity index (χ2n) is 19.5. The van der Waals surface area contributed by atoms with Crippen molar-refractivity contribution in [2.75, 3.05) is 20.8 Å². The zero-order valence-corrected chi connectivity index (χ0v) is 40.7. The number of carbonyl (C=O) groups is 4. The number of amides is 4. The maximum absolute atomic E-state index is 16.9. The average molecular weight is 962 g/mol. The van der Waals surface area contributed by atoms with E-state index in [1.807, 2.05) is 57.0 Å². The maximum atomic E-state index is 16.9. The Kier molecular flexibility index (Phi) is 12.2. The molecule has 2 aromatic carbocycles. The van der Waals surface area contributed by atoms with Crippen LogP contribution in [0.3, 0.4) is 0 Å². The SMILES string of the molecule is CCCc1ccc(C2Oc3cc(-c4c[nH+]c([C@@H]5CCCN5C(=O)[C@@H](NC(=O)OC)C(C)C)[nH]4)cc(F)c3-c3cc4cc(-c5c[nH+]c([C@@H]6C[C@H]7C[C@H]7N6C(=O)[C@@H](NC(=O)OC)C(C)C)[nH]5)ccc4n32)s1. The van der Waals surface area contributed by atoms with Crippen molar-refractivity contribution < 1.29 is 47.7 Å². The number of nitrogens with zero attached hydrogens (tertiary/aromatic N) is 3. The van der Waals surface area contributed by atoms with Crippen molar-refractivity contribution in [2.45, 2.75) is 110 Å². The summed E-state index contributed by atoms with van der Waals surface area (Å²) in [5.41, 5.74) is 4.92. The predicted octanol–water partition coefficient (Wildman–Crippen LogP) is 8.11. The Labute approximate surface area is 403 Å². The molecule has 10 rings (SSSR count). The van der Waals surface area contributed by atoms with Crippen molar-refractivity contribution in [2.24, 2.45) is 17.8 Å². The second-order valence-corrected chi connectivity index (χ2v) is 20.7. The summed E-state index contributed by atoms with van der Waals surface area (Å²) in [7, 11) is 2.57. The number of rotatable bonds is 13. The second kappa shape index (κ2) is 18.3. The summed E-state index contributed by atoms with van der Waals surface area (Å²) < 4.78 is 35.6. The van der Waals surface area contributed by atoms with Crippen molar-refractivity contribution in [1.29, 1.82) is 0 Å². The van der Waals surface area contributed by atoms with Crippen molar-refractivity contribution in [3.05, 3.63) is 88.1 Å². The number of thiophene rings is 1. The molecular formula is C51H60FN9O7S+2. The van der Waals surface area contributed by atoms with E-state index in [9.17, 15) is 19.2 Å². The lowest BCUT2D eigenvalue weighted by molar-refractivity contribution is -0.394. The Bertz CT molecular complexity index is 2960. The number of imidazole rings is 2. The zero-order chi connectivity index (χ0) is 48.4. The lowest BCUT2D eigenvalue weighted by Crippen LogP contribution is -2.52. The summed E-state index contributed by atoms with van der Waals surface area (Å²) >= 11 is 1.70. The number of hydrogen-bond acceptors (Lipinski definition) is 8. The van der Waals surface area contributed by atoms with Crippen molar-refractivity contribution >= 4 is 46.2 Å². The van der Waals surface area contributed by atoms with E-state index in [1.165, 1.54) is 25.2 Å². The van der Waals surface area contributed by atoms with E-state index in [0.29, 0.717) is 53.0 Å². The van der Waals surface area contributed by atoms with Gasteiger partial charge >= 0.3 is 12.2 Å². The summed E-state index contributed by atoms with van der Waals surface area (Å²) in [6.07, 6.45) is 7.06. The molecule has 0 spiro atoms. The molecule has 0 radical (unpaired) electrons. The lowest BCUT2D eigenvalue weighted by Gasteiger charge is -2.30. The van der Waals surface area contributed by atoms with Crippen LogP contribution in [-0.4, -0.2) is 87.2 Å². The number of nitrogens with one attached hydrogen (secondary N) is 6. The number of likely N-dealkylation sites (tertiary alicyclic amines) is 2. The quantitative estimate of drug-likeness (QED) is 0.0899. The van der Waals surface area contributed by atoms with Crippen molar-refractivity contribution in [1.82, 2.24) is 35.0 Å². The van der Waals surface area contributed by atoms with E-state index >= 15 is 4.39 Å². The number of H-pyrrole nitrogens is 4. The number of piperidine rings is 1. The molecule has 6 N–H and O–H groups in total. The van der Waals surface area contributed by atoms with E-state index in [2.05, 4.69) is 66.3 Å². The molecule has 362 valence electrons. The fourth-order valence-electron chi connectivity index (χ4n) is 10.7. The minimum Gasteiger partial charge on any atom is -0.464 e. The number of carbonyl (C=O) groups excluding carboxylic acids is 4. The van der Waals surface area contributed by atoms with Crippen LogP contribution in [0.1, 0.15) is 106 Å². The highest BCUT2D eigenvalue weighted by atomic mass is 32.1. The molecule has 1 saturated carbocycles. The van der Waals surface area contributed by atoms with Crippen LogP contribution >= 0.6 is 11.3 Å². The molecule has 4 amide bonds. The molecule has 6 aromatic rings. The summed E-state index contributed by atoms with van der Waals surface area (Å²) in [6.45, 7) is 10.3. The monoisotopic (exact) mass is 961 g/mol. The Morgan fingerprint density at radius 1 is 0.855 bits per heavy atom. The highest BCUT2D eigenvalue weighted by Gasteiger charge is 2.57. The van der Waals surface area contributed by atoms with Gasteiger partial charge in [0.2, 0.25) is 18.0 Å². The minimum atomic E-state index is -0.754. The molecule has 3 aliphatic heterocycles. The van der Waals surface area contributed by atoms with Gasteiger partial charge in [0.15, 0.2) is 11.4 Å². The van der Waals surface area contributed by atoms with E-state index in [1.54, 1.807) is 22.4 Å². The Morgan fingerprint density at radius 2 is 1.54 bits per heavy atom. The zero-order valence-electron chi connectivity index (χ0n) is 39.9. The van der Waals surface area contributed by atoms with Crippen LogP contribution in [-0.2, 0) is 25.5 Å². The van der Waals surface area contributed by atoms with Gasteiger partial charge in [-0.3, -0.25) is 14.2 Å². The topological polar surface area (TPSA) is 191 Å². The minimum absolute atomic E-state index is 0.118. The smallest absolute Gasteiger partial charge is 0.407 e. The number of aromatic amines is 4. The van der Waals surface area contributed by atoms with E-state index in [4.69, 9.17) is 14.2 Å². The summed E-state index contributed by atoms with van der Waals surface area (Å²) in [5.74, 6) is 1.30. The largest absolute Gasteiger partial charge is 0.464 e. The number of aromatic nitrogens is 5. The number of aryl methyl sites for hydroxylation is 1. The number of ether oxygens (including phenoxy) is 3. The number of hydrogen-bond donors (Lipinski definition) is 4. The Hall–Kier alpha value is -6.69. The van der Waals surface area contributed by atoms with Crippen LogP contribution in [0.15, 0.2) is 60.9 Å². The van der Waals surface area contributed by atoms with Gasteiger partial charge in [0, 0.05) is 34.0 Å². The number of halogens is 1. The predicted molar refractivity (Wildman–Crippen MR) is 255 cm³/mol. The molecule has 4 aliphatic rings. The number of methoxy groups -OCH3 is 2. The van der Waals surface area contributed by atoms with Gasteiger partial charge in [0.25, 0.3) is 11.6 Å². The van der Waals surface area contributed by atoms with Crippen LogP contribution < -0.4 is 25.3 Å². The summed E-state index contributed by atoms with van der Waals surface area (Å²) in [6, 6.07) is 14.0. The van der Waals surface area contributed by atoms with E-state index in [0.717, 1.165) is 65.0 Å². The van der Waals surface area contributed by atoms with Gasteiger partial charge in [0.05, 0.1) is 35.9 Å². The van der Waals surface area contributed by atoms with Crippen LogP contribution in [0.4, 0.5) is 14.0 Å². The molecule has 4 aromatic heterocycles. The molecule has 7 atom stereocenters. The van der Waals surface area contributed by atoms with Crippen molar-refractivity contribution in [3.63, 3.8) is 0 Å². The van der Waals surface area contributed by atoms with E-state index < -0.39 is 36.3 Å². The molecule has 0 bridgehead atoms. The third-order valence-electron chi connectivity index (χ3n) is 14.3. The first kappa shape index (κ1) is 46.1. The highest BCUT2D eigenvalue weighted by molar-refractivity contribution is 7.12. The molecule has 69 heavy (non-hydrogen) atoms. The maximum Gasteiger partial charge on any atom is 0.407 e. The number of fused-ring (bicyclic) bond motifs is 6. The van der Waals surface area contributed by atoms with Crippen LogP contribution in [0, 0.1) is 23.6 Å². The first-order chi connectivity index (χ1) is 33.3. The van der Waals surface area contributed by atoms with Gasteiger partial charge in [-0.1, -0.05) is 41.0 Å². The van der Waals surface area contributed by atoms with Gasteiger partial charge < -0.3 is 34.6 Å². The summed E-state index contributed by atoms with van der Waals surface area (Å²) in [5, 5.41) is 6.36. The van der Waals surface area contributed by atoms with Gasteiger partial charge in [0.1, 0.15) is 48.1 Å². The molecule has 3 fully saturated rings. The molecule has 1 unspecified atom stereocenters. The normalized spacial score (nSPS) is 21.2. The van der Waals surface area contributed by atoms with Gasteiger partial charge in [-0.25, -0.2) is 33.9 Å². The first-order valence-electron chi connectivity index (χ1n) is 24.0. The highest BCUT2D eigenvalue weighted by Crippen LogP contribution is 2.53. The van der Waals surface area contributed by atoms with Gasteiger partial charge in [-0.15, -0.1) is 11.3 Å². The van der Waals surface area contributed by atoms with Crippen molar-refractivity contribution in [3.8, 4) is 39.5 Å². The fraction of sp³-hybridized carbons (Fsp3) is 0.451. The third-order valence-corrected chi connectivity index (χ3v) is 15.5. The van der Waals surface area contributed by atoms with E-state index in [-0.39, 0.29) is 41.8 Å². The molecular weight excluding hydrogens is 902 g/mol. The molecule has 16 nitrogen and oxygen atoms in total. The molecule has 2 saturated heterocycles. The molecule has 1 aliphatic carbocycles. The lowest BCUT2D eigenvalue weighted by atomic mass is 10.0. The fourth-order valence-corrected chi connectivity index (χ4v) is 11.8. The molecule has 18 heteroatoms. The number of benzene rings is 2. The Morgan fingerprint density at radius 3 is 2.22 bits per heavy atom. The van der Waals surface area contributed by atoms with Gasteiger partial charge in [-0.2, -0.15) is 0 Å². The molecule has 7 heterocycles. The Balaban J connectivity index is 0.965. The third kappa shape index (κ3) is 8.39. The van der Waals surface area contributed by atoms with Gasteiger partial charge in [-0.05, 0) is 98.4 Å². The average Bonchev–Trinajstić information content (AvgIpc) is 4.10. The first-order valence-corrected chi connectivity index (χ1v) is 24.9. The van der Waals surface area contributed by atoms with Crippen LogP contribution in [0.5, 0.6) is 5.75 Å². The van der Waals surface area contributed by atoms with Crippen LogP contribution in [0.2, 0.25) is 0 Å². The number of alkyl carbamates (subject to hydrolysis) is 2.